The lowest BCUT2D eigenvalue weighted by molar-refractivity contribution is -0.143. The van der Waals surface area contributed by atoms with E-state index in [0.29, 0.717) is 50.8 Å². The number of aromatic nitrogens is 1. The average molecular weight is 547 g/mol. The number of morpholine rings is 1. The minimum Gasteiger partial charge on any atom is -0.378 e. The Balaban J connectivity index is 1.40. The highest BCUT2D eigenvalue weighted by Crippen LogP contribution is 2.34. The van der Waals surface area contributed by atoms with Gasteiger partial charge in [-0.25, -0.2) is 9.78 Å². The number of rotatable bonds is 5. The smallest absolute Gasteiger partial charge is 0.378 e. The summed E-state index contributed by atoms with van der Waals surface area (Å²) in [4.78, 5) is 35.5. The fraction of sp³-hybridized carbons (Fsp3) is 0.519. The monoisotopic (exact) mass is 546 g/mol. The minimum absolute atomic E-state index is 0.0761. The molecular weight excluding hydrogens is 513 g/mol. The number of carbonyl (C=O) groups is 2. The topological polar surface area (TPSA) is 104 Å². The zero-order valence-electron chi connectivity index (χ0n) is 21.8. The van der Waals surface area contributed by atoms with Gasteiger partial charge in [-0.3, -0.25) is 9.69 Å². The number of nitrogens with zero attached hydrogens (tertiary/aromatic N) is 4. The number of halogens is 3. The standard InChI is InChI=1S/C27H33F3N6O3/c1-17-2-3-21(32-26(38)35-5-4-18(15-35)14-27(28,29)30)13-22(17)19-10-23(34-6-8-39-9-7-34)33-24(11-19)36-16-20(31)12-25(36)37/h2-3,10-11,13,18,20H,4-9,12,14-16,31H2,1H3,(H,32,38). The van der Waals surface area contributed by atoms with Gasteiger partial charge >= 0.3 is 12.2 Å². The predicted molar refractivity (Wildman–Crippen MR) is 142 cm³/mol. The van der Waals surface area contributed by atoms with Crippen molar-refractivity contribution in [3.05, 3.63) is 35.9 Å². The van der Waals surface area contributed by atoms with Crippen LogP contribution in [0.2, 0.25) is 0 Å². The van der Waals surface area contributed by atoms with Crippen molar-refractivity contribution >= 4 is 29.3 Å². The van der Waals surface area contributed by atoms with Gasteiger partial charge in [-0.1, -0.05) is 6.07 Å². The Bertz CT molecular complexity index is 1230. The van der Waals surface area contributed by atoms with Crippen molar-refractivity contribution in [1.29, 1.82) is 0 Å². The Morgan fingerprint density at radius 1 is 1.13 bits per heavy atom. The number of hydrogen-bond donors (Lipinski definition) is 2. The van der Waals surface area contributed by atoms with E-state index in [-0.39, 0.29) is 31.5 Å². The molecule has 12 heteroatoms. The molecule has 2 aromatic rings. The van der Waals surface area contributed by atoms with E-state index in [9.17, 15) is 22.8 Å². The molecule has 0 radical (unpaired) electrons. The zero-order chi connectivity index (χ0) is 27.7. The molecule has 1 aromatic carbocycles. The van der Waals surface area contributed by atoms with Crippen LogP contribution in [0.3, 0.4) is 0 Å². The van der Waals surface area contributed by atoms with E-state index in [1.54, 1.807) is 11.0 Å². The van der Waals surface area contributed by atoms with Gasteiger partial charge in [-0.2, -0.15) is 13.2 Å². The van der Waals surface area contributed by atoms with Crippen LogP contribution in [0, 0.1) is 12.8 Å². The van der Waals surface area contributed by atoms with E-state index in [2.05, 4.69) is 10.2 Å². The van der Waals surface area contributed by atoms with Crippen LogP contribution in [0.25, 0.3) is 11.1 Å². The SMILES string of the molecule is Cc1ccc(NC(=O)N2CCC(CC(F)(F)F)C2)cc1-c1cc(N2CCOCC2)nc(N2CC(N)CC2=O)c1. The lowest BCUT2D eigenvalue weighted by Gasteiger charge is -2.29. The van der Waals surface area contributed by atoms with Crippen LogP contribution in [0.1, 0.15) is 24.8 Å². The third-order valence-electron chi connectivity index (χ3n) is 7.46. The summed E-state index contributed by atoms with van der Waals surface area (Å²) in [6.45, 7) is 5.20. The normalized spacial score (nSPS) is 22.1. The summed E-state index contributed by atoms with van der Waals surface area (Å²) in [6.07, 6.45) is -4.53. The summed E-state index contributed by atoms with van der Waals surface area (Å²) in [5.41, 5.74) is 9.21. The highest BCUT2D eigenvalue weighted by Gasteiger charge is 2.36. The molecule has 0 aliphatic carbocycles. The number of anilines is 3. The van der Waals surface area contributed by atoms with Gasteiger partial charge in [0.25, 0.3) is 0 Å². The molecule has 3 N–H and O–H groups in total. The van der Waals surface area contributed by atoms with Crippen LogP contribution in [0.4, 0.5) is 35.3 Å². The maximum atomic E-state index is 12.9. The molecule has 0 bridgehead atoms. The summed E-state index contributed by atoms with van der Waals surface area (Å²) < 4.78 is 43.8. The second-order valence-electron chi connectivity index (χ2n) is 10.5. The molecule has 3 aliphatic rings. The number of amides is 3. The zero-order valence-corrected chi connectivity index (χ0v) is 21.8. The Kier molecular flexibility index (Phi) is 7.68. The maximum Gasteiger partial charge on any atom is 0.389 e. The molecule has 1 aromatic heterocycles. The van der Waals surface area contributed by atoms with Crippen LogP contribution >= 0.6 is 0 Å². The Hall–Kier alpha value is -3.38. The van der Waals surface area contributed by atoms with Gasteiger partial charge in [0.15, 0.2) is 0 Å². The molecule has 210 valence electrons. The van der Waals surface area contributed by atoms with Gasteiger partial charge in [-0.15, -0.1) is 0 Å². The van der Waals surface area contributed by atoms with Crippen molar-refractivity contribution in [3.8, 4) is 11.1 Å². The number of benzene rings is 1. The van der Waals surface area contributed by atoms with Crippen LogP contribution < -0.4 is 20.9 Å². The van der Waals surface area contributed by atoms with Gasteiger partial charge in [0, 0.05) is 57.3 Å². The molecule has 2 unspecified atom stereocenters. The van der Waals surface area contributed by atoms with Crippen LogP contribution in [0.15, 0.2) is 30.3 Å². The van der Waals surface area contributed by atoms with E-state index in [0.717, 1.165) is 22.5 Å². The van der Waals surface area contributed by atoms with Gasteiger partial charge in [0.05, 0.1) is 13.2 Å². The average Bonchev–Trinajstić information content (AvgIpc) is 3.49. The first-order valence-electron chi connectivity index (χ1n) is 13.2. The second-order valence-corrected chi connectivity index (χ2v) is 10.5. The number of alkyl halides is 3. The molecule has 4 heterocycles. The van der Waals surface area contributed by atoms with E-state index in [4.69, 9.17) is 15.5 Å². The van der Waals surface area contributed by atoms with Crippen molar-refractivity contribution < 1.29 is 27.5 Å². The van der Waals surface area contributed by atoms with Crippen molar-refractivity contribution in [2.24, 2.45) is 11.7 Å². The lowest BCUT2D eigenvalue weighted by Crippen LogP contribution is -2.37. The molecule has 39 heavy (non-hydrogen) atoms. The third-order valence-corrected chi connectivity index (χ3v) is 7.46. The largest absolute Gasteiger partial charge is 0.389 e. The van der Waals surface area contributed by atoms with Crippen molar-refractivity contribution in [2.75, 3.05) is 61.1 Å². The Morgan fingerprint density at radius 2 is 1.87 bits per heavy atom. The predicted octanol–water partition coefficient (Wildman–Crippen LogP) is 3.76. The summed E-state index contributed by atoms with van der Waals surface area (Å²) in [5, 5.41) is 2.85. The Morgan fingerprint density at radius 3 is 2.56 bits per heavy atom. The molecule has 3 saturated heterocycles. The van der Waals surface area contributed by atoms with E-state index >= 15 is 0 Å². The fourth-order valence-electron chi connectivity index (χ4n) is 5.43. The molecule has 9 nitrogen and oxygen atoms in total. The van der Waals surface area contributed by atoms with Gasteiger partial charge in [0.1, 0.15) is 11.6 Å². The second kappa shape index (κ2) is 11.0. The molecule has 0 saturated carbocycles. The molecular formula is C27H33F3N6O3. The third kappa shape index (κ3) is 6.44. The maximum absolute atomic E-state index is 12.9. The molecule has 3 aliphatic heterocycles. The number of ether oxygens (including phenoxy) is 1. The number of aryl methyl sites for hydroxylation is 1. The molecule has 0 spiro atoms. The highest BCUT2D eigenvalue weighted by atomic mass is 19.4. The number of nitrogens with one attached hydrogen (secondary N) is 1. The van der Waals surface area contributed by atoms with Crippen molar-refractivity contribution in [2.45, 2.75) is 38.4 Å². The number of carbonyl (C=O) groups excluding carboxylic acids is 2. The lowest BCUT2D eigenvalue weighted by atomic mass is 10.00. The van der Waals surface area contributed by atoms with Gasteiger partial charge in [0.2, 0.25) is 5.91 Å². The molecule has 5 rings (SSSR count). The fourth-order valence-corrected chi connectivity index (χ4v) is 5.43. The molecule has 3 amide bonds. The number of nitrogens with two attached hydrogens (primary N) is 1. The van der Waals surface area contributed by atoms with E-state index in [1.165, 1.54) is 4.90 Å². The Labute approximate surface area is 225 Å². The number of likely N-dealkylation sites (tertiary alicyclic amines) is 1. The first kappa shape index (κ1) is 27.2. The van der Waals surface area contributed by atoms with Crippen LogP contribution in [-0.4, -0.2) is 80.0 Å². The molecule has 2 atom stereocenters. The molecule has 3 fully saturated rings. The van der Waals surface area contributed by atoms with Gasteiger partial charge < -0.3 is 25.6 Å². The summed E-state index contributed by atoms with van der Waals surface area (Å²) in [7, 11) is 0. The summed E-state index contributed by atoms with van der Waals surface area (Å²) >= 11 is 0. The number of pyridine rings is 1. The first-order chi connectivity index (χ1) is 18.6. The summed E-state index contributed by atoms with van der Waals surface area (Å²) in [5.74, 6) is 0.584. The van der Waals surface area contributed by atoms with Crippen LogP contribution in [-0.2, 0) is 9.53 Å². The quantitative estimate of drug-likeness (QED) is 0.592. The minimum atomic E-state index is -4.24. The highest BCUT2D eigenvalue weighted by molar-refractivity contribution is 5.96. The van der Waals surface area contributed by atoms with Crippen LogP contribution in [0.5, 0.6) is 0 Å². The first-order valence-corrected chi connectivity index (χ1v) is 13.2. The van der Waals surface area contributed by atoms with Crippen molar-refractivity contribution in [3.63, 3.8) is 0 Å². The van der Waals surface area contributed by atoms with E-state index in [1.807, 2.05) is 31.2 Å². The number of hydrogen-bond acceptors (Lipinski definition) is 6. The summed E-state index contributed by atoms with van der Waals surface area (Å²) in [6, 6.07) is 8.64. The van der Waals surface area contributed by atoms with Crippen molar-refractivity contribution in [1.82, 2.24) is 9.88 Å². The van der Waals surface area contributed by atoms with Gasteiger partial charge in [-0.05, 0) is 60.2 Å². The number of urea groups is 1. The van der Waals surface area contributed by atoms with E-state index < -0.39 is 24.5 Å².